The molecule has 0 fully saturated rings. The number of quaternary nitrogens is 2. The number of nitrogens with zero attached hydrogens (tertiary/aromatic N) is 2. The maximum Gasteiger partial charge on any atom is 0.0836 e. The zero-order valence-corrected chi connectivity index (χ0v) is 24.6. The van der Waals surface area contributed by atoms with E-state index in [0.29, 0.717) is 0 Å². The van der Waals surface area contributed by atoms with Crippen LogP contribution in [0.25, 0.3) is 0 Å². The van der Waals surface area contributed by atoms with E-state index in [2.05, 4.69) is 42.0 Å². The van der Waals surface area contributed by atoms with Gasteiger partial charge in [0.25, 0.3) is 0 Å². The molecular formula is C31H68N2+2. The zero-order chi connectivity index (χ0) is 24.7. The maximum absolute atomic E-state index is 2.44. The molecule has 0 unspecified atom stereocenters. The Balaban J connectivity index is 3.38. The van der Waals surface area contributed by atoms with Crippen LogP contribution in [-0.4, -0.2) is 63.3 Å². The fourth-order valence-corrected chi connectivity index (χ4v) is 5.18. The minimum Gasteiger partial charge on any atom is -0.328 e. The van der Waals surface area contributed by atoms with Crippen LogP contribution in [0.15, 0.2) is 0 Å². The first-order valence-electron chi connectivity index (χ1n) is 15.5. The van der Waals surface area contributed by atoms with Crippen LogP contribution < -0.4 is 0 Å². The lowest BCUT2D eigenvalue weighted by atomic mass is 10.0. The molecule has 0 saturated carbocycles. The summed E-state index contributed by atoms with van der Waals surface area (Å²) in [6.07, 6.45) is 30.4. The van der Waals surface area contributed by atoms with Crippen molar-refractivity contribution < 1.29 is 8.97 Å². The molecule has 0 amide bonds. The Labute approximate surface area is 212 Å². The van der Waals surface area contributed by atoms with Gasteiger partial charge in [-0.05, 0) is 19.3 Å². The molecule has 2 nitrogen and oxygen atoms in total. The van der Waals surface area contributed by atoms with Gasteiger partial charge in [-0.15, -0.1) is 0 Å². The molecule has 0 N–H and O–H groups in total. The van der Waals surface area contributed by atoms with Crippen LogP contribution >= 0.6 is 0 Å². The van der Waals surface area contributed by atoms with Crippen LogP contribution in [0.5, 0.6) is 0 Å². The van der Waals surface area contributed by atoms with Gasteiger partial charge in [-0.25, -0.2) is 0 Å². The molecule has 0 spiro atoms. The average molecular weight is 469 g/mol. The van der Waals surface area contributed by atoms with Crippen molar-refractivity contribution in [2.24, 2.45) is 0 Å². The van der Waals surface area contributed by atoms with E-state index in [-0.39, 0.29) is 0 Å². The van der Waals surface area contributed by atoms with E-state index in [1.165, 1.54) is 170 Å². The van der Waals surface area contributed by atoms with Crippen molar-refractivity contribution in [2.75, 3.05) is 54.4 Å². The van der Waals surface area contributed by atoms with Gasteiger partial charge >= 0.3 is 0 Å². The Hall–Kier alpha value is -0.0800. The smallest absolute Gasteiger partial charge is 0.0836 e. The molecule has 0 aromatic rings. The molecule has 0 aromatic heterocycles. The van der Waals surface area contributed by atoms with Crippen molar-refractivity contribution in [3.8, 4) is 0 Å². The van der Waals surface area contributed by atoms with Gasteiger partial charge in [0.15, 0.2) is 0 Å². The van der Waals surface area contributed by atoms with Crippen LogP contribution in [-0.2, 0) is 0 Å². The van der Waals surface area contributed by atoms with Crippen molar-refractivity contribution in [1.82, 2.24) is 0 Å². The van der Waals surface area contributed by atoms with Crippen LogP contribution in [0.4, 0.5) is 0 Å². The van der Waals surface area contributed by atoms with E-state index < -0.39 is 0 Å². The molecule has 0 aliphatic heterocycles. The molecule has 0 aliphatic carbocycles. The standard InChI is InChI=1S/C31H68N2/c1-7-9-11-12-13-14-15-16-17-18-19-20-21-22-23-24-25-26-29-33(5,6)31-27-30-32(3,4)28-10-8-2/h7-31H2,1-6H3/q+2. The second kappa shape index (κ2) is 22.4. The van der Waals surface area contributed by atoms with Crippen LogP contribution in [0, 0.1) is 0 Å². The van der Waals surface area contributed by atoms with E-state index >= 15 is 0 Å². The van der Waals surface area contributed by atoms with Crippen molar-refractivity contribution in [3.05, 3.63) is 0 Å². The normalized spacial score (nSPS) is 12.5. The second-order valence-electron chi connectivity index (χ2n) is 12.5. The number of rotatable bonds is 26. The summed E-state index contributed by atoms with van der Waals surface area (Å²) >= 11 is 0. The summed E-state index contributed by atoms with van der Waals surface area (Å²) in [5, 5.41) is 0. The Morgan fingerprint density at radius 2 is 0.515 bits per heavy atom. The third-order valence-corrected chi connectivity index (χ3v) is 7.76. The molecule has 0 bridgehead atoms. The summed E-state index contributed by atoms with van der Waals surface area (Å²) in [6, 6.07) is 0. The molecular weight excluding hydrogens is 400 g/mol. The molecule has 0 heterocycles. The lowest BCUT2D eigenvalue weighted by Gasteiger charge is -2.33. The highest BCUT2D eigenvalue weighted by atomic mass is 15.3. The third kappa shape index (κ3) is 24.8. The minimum atomic E-state index is 1.20. The highest BCUT2D eigenvalue weighted by Crippen LogP contribution is 2.15. The van der Waals surface area contributed by atoms with Crippen LogP contribution in [0.1, 0.15) is 149 Å². The fraction of sp³-hybridized carbons (Fsp3) is 1.00. The SMILES string of the molecule is CCCCCCCCCCCCCCCCCCCC[N+](C)(C)CCC[N+](C)(C)CCCC. The maximum atomic E-state index is 2.44. The van der Waals surface area contributed by atoms with Gasteiger partial charge in [-0.3, -0.25) is 0 Å². The fourth-order valence-electron chi connectivity index (χ4n) is 5.18. The summed E-state index contributed by atoms with van der Waals surface area (Å²) < 4.78 is 2.42. The van der Waals surface area contributed by atoms with Crippen LogP contribution in [0.3, 0.4) is 0 Å². The van der Waals surface area contributed by atoms with Crippen LogP contribution in [0.2, 0.25) is 0 Å². The minimum absolute atomic E-state index is 1.20. The highest BCUT2D eigenvalue weighted by Gasteiger charge is 2.19. The summed E-state index contributed by atoms with van der Waals surface area (Å²) in [4.78, 5) is 0. The topological polar surface area (TPSA) is 0 Å². The summed E-state index contributed by atoms with van der Waals surface area (Å²) in [6.45, 7) is 9.98. The third-order valence-electron chi connectivity index (χ3n) is 7.76. The average Bonchev–Trinajstić information content (AvgIpc) is 2.76. The molecule has 0 saturated heterocycles. The van der Waals surface area contributed by atoms with Gasteiger partial charge in [-0.2, -0.15) is 0 Å². The lowest BCUT2D eigenvalue weighted by molar-refractivity contribution is -0.909. The zero-order valence-electron chi connectivity index (χ0n) is 24.6. The van der Waals surface area contributed by atoms with Crippen molar-refractivity contribution in [3.63, 3.8) is 0 Å². The number of hydrogen-bond donors (Lipinski definition) is 0. The van der Waals surface area contributed by atoms with Crippen molar-refractivity contribution >= 4 is 0 Å². The van der Waals surface area contributed by atoms with Crippen molar-refractivity contribution in [2.45, 2.75) is 149 Å². The summed E-state index contributed by atoms with van der Waals surface area (Å²) in [7, 11) is 9.71. The first-order chi connectivity index (χ1) is 15.8. The van der Waals surface area contributed by atoms with E-state index in [4.69, 9.17) is 0 Å². The number of unbranched alkanes of at least 4 members (excludes halogenated alkanes) is 18. The van der Waals surface area contributed by atoms with E-state index in [1.807, 2.05) is 0 Å². The molecule has 2 heteroatoms. The Kier molecular flexibility index (Phi) is 22.3. The Bertz CT molecular complexity index is 388. The van der Waals surface area contributed by atoms with Gasteiger partial charge < -0.3 is 8.97 Å². The Morgan fingerprint density at radius 1 is 0.273 bits per heavy atom. The largest absolute Gasteiger partial charge is 0.328 e. The van der Waals surface area contributed by atoms with Gasteiger partial charge in [0, 0.05) is 6.42 Å². The predicted octanol–water partition coefficient (Wildman–Crippen LogP) is 9.37. The predicted molar refractivity (Wildman–Crippen MR) is 152 cm³/mol. The Morgan fingerprint density at radius 3 is 0.848 bits per heavy atom. The monoisotopic (exact) mass is 469 g/mol. The van der Waals surface area contributed by atoms with Gasteiger partial charge in [-0.1, -0.05) is 123 Å². The van der Waals surface area contributed by atoms with Gasteiger partial charge in [0.05, 0.1) is 54.4 Å². The van der Waals surface area contributed by atoms with Crippen molar-refractivity contribution in [1.29, 1.82) is 0 Å². The highest BCUT2D eigenvalue weighted by molar-refractivity contribution is 4.51. The van der Waals surface area contributed by atoms with Gasteiger partial charge in [0.2, 0.25) is 0 Å². The molecule has 200 valence electrons. The molecule has 0 aliphatic rings. The molecule has 0 atom stereocenters. The first kappa shape index (κ1) is 32.9. The van der Waals surface area contributed by atoms with E-state index in [1.54, 1.807) is 0 Å². The molecule has 33 heavy (non-hydrogen) atoms. The van der Waals surface area contributed by atoms with E-state index in [9.17, 15) is 0 Å². The van der Waals surface area contributed by atoms with Gasteiger partial charge in [0.1, 0.15) is 0 Å². The quantitative estimate of drug-likeness (QED) is 0.0875. The number of hydrogen-bond acceptors (Lipinski definition) is 0. The lowest BCUT2D eigenvalue weighted by Crippen LogP contribution is -2.46. The van der Waals surface area contributed by atoms with E-state index in [0.717, 1.165) is 0 Å². The summed E-state index contributed by atoms with van der Waals surface area (Å²) in [5.41, 5.74) is 0. The first-order valence-corrected chi connectivity index (χ1v) is 15.5. The molecule has 0 radical (unpaired) electrons. The summed E-state index contributed by atoms with van der Waals surface area (Å²) in [5.74, 6) is 0. The molecule has 0 aromatic carbocycles. The second-order valence-corrected chi connectivity index (χ2v) is 12.5. The molecule has 0 rings (SSSR count).